The first-order valence-electron chi connectivity index (χ1n) is 9.27. The van der Waals surface area contributed by atoms with E-state index in [9.17, 15) is 8.78 Å². The number of halogens is 2. The Kier molecular flexibility index (Phi) is 4.43. The molecular formula is C22H16F2N4OS. The van der Waals surface area contributed by atoms with Gasteiger partial charge < -0.3 is 9.09 Å². The van der Waals surface area contributed by atoms with Gasteiger partial charge in [0.25, 0.3) is 0 Å². The molecule has 0 atom stereocenters. The Labute approximate surface area is 175 Å². The van der Waals surface area contributed by atoms with Crippen LogP contribution in [0.25, 0.3) is 34.0 Å². The van der Waals surface area contributed by atoms with Crippen LogP contribution in [-0.2, 0) is 6.54 Å². The van der Waals surface area contributed by atoms with Crippen molar-refractivity contribution in [1.29, 1.82) is 0 Å². The van der Waals surface area contributed by atoms with E-state index in [1.54, 1.807) is 17.4 Å². The molecule has 2 aliphatic rings. The van der Waals surface area contributed by atoms with Crippen LogP contribution in [0.4, 0.5) is 8.78 Å². The van der Waals surface area contributed by atoms with Crippen LogP contribution in [0.2, 0.25) is 0 Å². The number of aromatic nitrogens is 4. The van der Waals surface area contributed by atoms with Gasteiger partial charge in [0.15, 0.2) is 11.6 Å². The summed E-state index contributed by atoms with van der Waals surface area (Å²) in [6.07, 6.45) is 3.75. The van der Waals surface area contributed by atoms with Gasteiger partial charge in [-0.05, 0) is 43.7 Å². The first-order valence-corrected chi connectivity index (χ1v) is 10.2. The predicted molar refractivity (Wildman–Crippen MR) is 110 cm³/mol. The van der Waals surface area contributed by atoms with Gasteiger partial charge in [-0.25, -0.2) is 18.7 Å². The van der Waals surface area contributed by atoms with E-state index in [0.29, 0.717) is 18.1 Å². The maximum Gasteiger partial charge on any atom is 0.161 e. The van der Waals surface area contributed by atoms with Gasteiger partial charge in [0, 0.05) is 39.8 Å². The van der Waals surface area contributed by atoms with Gasteiger partial charge in [-0.1, -0.05) is 5.16 Å². The number of nitrogens with zero attached hydrogens (tertiary/aromatic N) is 4. The molecule has 0 amide bonds. The summed E-state index contributed by atoms with van der Waals surface area (Å²) >= 11 is 1.69. The van der Waals surface area contributed by atoms with Crippen LogP contribution in [0.15, 0.2) is 52.6 Å². The second-order valence-electron chi connectivity index (χ2n) is 7.07. The summed E-state index contributed by atoms with van der Waals surface area (Å²) in [7, 11) is 0. The van der Waals surface area contributed by atoms with Crippen molar-refractivity contribution in [2.75, 3.05) is 0 Å². The smallest absolute Gasteiger partial charge is 0.161 e. The maximum atomic E-state index is 14.0. The topological polar surface area (TPSA) is 56.7 Å². The van der Waals surface area contributed by atoms with Gasteiger partial charge >= 0.3 is 0 Å². The van der Waals surface area contributed by atoms with Gasteiger partial charge in [-0.3, -0.25) is 0 Å². The van der Waals surface area contributed by atoms with Crippen molar-refractivity contribution < 1.29 is 13.3 Å². The normalized spacial score (nSPS) is 11.5. The Morgan fingerprint density at radius 1 is 1.00 bits per heavy atom. The average molecular weight is 422 g/mol. The quantitative estimate of drug-likeness (QED) is 0.372. The fourth-order valence-corrected chi connectivity index (χ4v) is 4.16. The molecule has 150 valence electrons. The number of fused-ring (bicyclic) bond motifs is 1. The highest BCUT2D eigenvalue weighted by molar-refractivity contribution is 7.10. The Hall–Kier alpha value is -3.39. The van der Waals surface area contributed by atoms with Crippen LogP contribution in [0.5, 0.6) is 0 Å². The number of hydrogen-bond acceptors (Lipinski definition) is 5. The molecule has 0 unspecified atom stereocenters. The zero-order chi connectivity index (χ0) is 20.8. The highest BCUT2D eigenvalue weighted by Gasteiger charge is 2.17. The van der Waals surface area contributed by atoms with Crippen LogP contribution < -0.4 is 0 Å². The fraction of sp³-hybridized carbons (Fsp3) is 0.136. The van der Waals surface area contributed by atoms with E-state index >= 15 is 0 Å². The Bertz CT molecular complexity index is 1340. The molecule has 1 aromatic carbocycles. The number of benzene rings is 1. The third-order valence-electron chi connectivity index (χ3n) is 5.06. The lowest BCUT2D eigenvalue weighted by Crippen LogP contribution is -1.99. The lowest BCUT2D eigenvalue weighted by Gasteiger charge is -2.04. The number of imidazole rings is 1. The van der Waals surface area contributed by atoms with E-state index in [-0.39, 0.29) is 11.3 Å². The molecule has 2 aliphatic heterocycles. The molecule has 0 aliphatic carbocycles. The zero-order valence-electron chi connectivity index (χ0n) is 16.2. The monoisotopic (exact) mass is 422 g/mol. The standard InChI is InChI=1S/C22H16F2N4OS/c1-12-13(2)30-11-17(12)22-25-19-5-6-28(10-21(19)26-22)9-15-8-20(27-29-15)16-7-14(23)3-4-18(16)24/h3-8,10-11H,9H2,1-2H3. The molecule has 8 heteroatoms. The third kappa shape index (κ3) is 3.29. The minimum absolute atomic E-state index is 0.0680. The molecule has 30 heavy (non-hydrogen) atoms. The summed E-state index contributed by atoms with van der Waals surface area (Å²) in [6, 6.07) is 6.74. The van der Waals surface area contributed by atoms with E-state index < -0.39 is 11.6 Å². The van der Waals surface area contributed by atoms with Crippen molar-refractivity contribution in [1.82, 2.24) is 19.7 Å². The van der Waals surface area contributed by atoms with Gasteiger partial charge in [-0.15, -0.1) is 11.3 Å². The van der Waals surface area contributed by atoms with Crippen molar-refractivity contribution >= 4 is 11.3 Å². The second-order valence-corrected chi connectivity index (χ2v) is 8.15. The highest BCUT2D eigenvalue weighted by Crippen LogP contribution is 2.32. The van der Waals surface area contributed by atoms with Crippen LogP contribution >= 0.6 is 11.3 Å². The molecule has 0 saturated heterocycles. The van der Waals surface area contributed by atoms with Crippen molar-refractivity contribution in [3.8, 4) is 34.0 Å². The molecule has 0 radical (unpaired) electrons. The van der Waals surface area contributed by atoms with E-state index in [1.807, 2.05) is 23.0 Å². The van der Waals surface area contributed by atoms with Gasteiger partial charge in [0.1, 0.15) is 23.0 Å². The molecule has 0 spiro atoms. The van der Waals surface area contributed by atoms with E-state index in [1.165, 1.54) is 10.4 Å². The lowest BCUT2D eigenvalue weighted by atomic mass is 10.1. The van der Waals surface area contributed by atoms with Crippen LogP contribution in [0, 0.1) is 25.5 Å². The van der Waals surface area contributed by atoms with Gasteiger partial charge in [-0.2, -0.15) is 0 Å². The predicted octanol–water partition coefficient (Wildman–Crippen LogP) is 5.71. The highest BCUT2D eigenvalue weighted by atomic mass is 32.1. The number of rotatable bonds is 4. The van der Waals surface area contributed by atoms with E-state index in [0.717, 1.165) is 35.2 Å². The molecule has 0 N–H and O–H groups in total. The maximum absolute atomic E-state index is 14.0. The molecular weight excluding hydrogens is 406 g/mol. The molecule has 0 saturated carbocycles. The summed E-state index contributed by atoms with van der Waals surface area (Å²) in [5, 5.41) is 5.96. The number of hydrogen-bond donors (Lipinski definition) is 0. The van der Waals surface area contributed by atoms with Gasteiger partial charge in [0.2, 0.25) is 0 Å². The van der Waals surface area contributed by atoms with Crippen molar-refractivity contribution in [3.63, 3.8) is 0 Å². The lowest BCUT2D eigenvalue weighted by molar-refractivity contribution is 0.378. The van der Waals surface area contributed by atoms with Crippen LogP contribution in [0.1, 0.15) is 16.2 Å². The Morgan fingerprint density at radius 2 is 1.83 bits per heavy atom. The third-order valence-corrected chi connectivity index (χ3v) is 6.07. The van der Waals surface area contributed by atoms with Crippen molar-refractivity contribution in [3.05, 3.63) is 75.9 Å². The summed E-state index contributed by atoms with van der Waals surface area (Å²) < 4.78 is 34.6. The fourth-order valence-electron chi connectivity index (χ4n) is 3.29. The minimum Gasteiger partial charge on any atom is -0.359 e. The minimum atomic E-state index is -0.552. The van der Waals surface area contributed by atoms with E-state index in [2.05, 4.69) is 34.4 Å². The summed E-state index contributed by atoms with van der Waals surface area (Å²) in [6.45, 7) is 4.53. The number of aryl methyl sites for hydroxylation is 1. The SMILES string of the molecule is Cc1scc(-c2nc3ccn(Cc4cc(-c5cc(F)ccc5F)no4)cc-3n2)c1C. The summed E-state index contributed by atoms with van der Waals surface area (Å²) in [5.74, 6) is 0.150. The molecule has 4 heterocycles. The molecule has 5 rings (SSSR count). The summed E-state index contributed by atoms with van der Waals surface area (Å²) in [4.78, 5) is 10.6. The zero-order valence-corrected chi connectivity index (χ0v) is 17.0. The number of pyridine rings is 1. The Morgan fingerprint density at radius 3 is 2.63 bits per heavy atom. The van der Waals surface area contributed by atoms with Crippen LogP contribution in [0.3, 0.4) is 0 Å². The molecule has 0 fully saturated rings. The molecule has 5 nitrogen and oxygen atoms in total. The molecule has 3 aromatic rings. The molecule has 0 bridgehead atoms. The van der Waals surface area contributed by atoms with Crippen molar-refractivity contribution in [2.24, 2.45) is 0 Å². The number of thiophene rings is 1. The summed E-state index contributed by atoms with van der Waals surface area (Å²) in [5.41, 5.74) is 4.15. The van der Waals surface area contributed by atoms with Crippen molar-refractivity contribution in [2.45, 2.75) is 20.4 Å². The molecule has 2 aromatic heterocycles. The van der Waals surface area contributed by atoms with Gasteiger partial charge in [0.05, 0.1) is 12.2 Å². The largest absolute Gasteiger partial charge is 0.359 e. The first kappa shape index (κ1) is 18.6. The van der Waals surface area contributed by atoms with Crippen LogP contribution in [-0.4, -0.2) is 19.7 Å². The Balaban J connectivity index is 1.43. The van der Waals surface area contributed by atoms with E-state index in [4.69, 9.17) is 4.52 Å². The second kappa shape index (κ2) is 7.14. The first-order chi connectivity index (χ1) is 14.5. The average Bonchev–Trinajstić information content (AvgIpc) is 3.43.